The van der Waals surface area contributed by atoms with Crippen molar-refractivity contribution in [1.29, 1.82) is 0 Å². The van der Waals surface area contributed by atoms with Crippen LogP contribution in [0.5, 0.6) is 5.75 Å². The summed E-state index contributed by atoms with van der Waals surface area (Å²) in [5.74, 6) is 0.313. The minimum Gasteiger partial charge on any atom is -0.497 e. The number of ether oxygens (including phenoxy) is 1. The Hall–Kier alpha value is -3.87. The fourth-order valence-corrected chi connectivity index (χ4v) is 4.01. The molecule has 0 bridgehead atoms. The first-order valence-corrected chi connectivity index (χ1v) is 11.6. The van der Waals surface area contributed by atoms with Crippen LogP contribution in [0.15, 0.2) is 66.7 Å². The molecule has 0 radical (unpaired) electrons. The summed E-state index contributed by atoms with van der Waals surface area (Å²) in [5.41, 5.74) is 3.30. The van der Waals surface area contributed by atoms with E-state index in [-0.39, 0.29) is 11.5 Å². The van der Waals surface area contributed by atoms with E-state index in [2.05, 4.69) is 5.32 Å². The van der Waals surface area contributed by atoms with Crippen molar-refractivity contribution in [2.75, 3.05) is 38.0 Å². The molecule has 0 heterocycles. The molecular weight excluding hydrogens is 445 g/mol. The molecule has 0 aliphatic heterocycles. The number of amides is 2. The van der Waals surface area contributed by atoms with E-state index in [9.17, 15) is 14.0 Å². The molecule has 4 rings (SSSR count). The lowest BCUT2D eigenvalue weighted by molar-refractivity contribution is 0.0735. The Labute approximate surface area is 205 Å². The molecule has 3 aromatic rings. The summed E-state index contributed by atoms with van der Waals surface area (Å²) in [6.45, 7) is 1.08. The highest BCUT2D eigenvalue weighted by molar-refractivity contribution is 6.04. The number of carbonyl (C=O) groups is 2. The Morgan fingerprint density at radius 3 is 2.37 bits per heavy atom. The molecule has 0 atom stereocenters. The molecule has 182 valence electrons. The molecule has 0 aromatic heterocycles. The predicted molar refractivity (Wildman–Crippen MR) is 136 cm³/mol. The van der Waals surface area contributed by atoms with Gasteiger partial charge in [-0.15, -0.1) is 0 Å². The number of nitrogens with zero attached hydrogens (tertiary/aromatic N) is 2. The Kier molecular flexibility index (Phi) is 7.34. The summed E-state index contributed by atoms with van der Waals surface area (Å²) < 4.78 is 18.8. The molecule has 1 N–H and O–H groups in total. The first-order chi connectivity index (χ1) is 16.8. The maximum Gasteiger partial charge on any atom is 0.255 e. The van der Waals surface area contributed by atoms with Gasteiger partial charge in [0, 0.05) is 49.7 Å². The Balaban J connectivity index is 1.59. The predicted octanol–water partition coefficient (Wildman–Crippen LogP) is 5.21. The van der Waals surface area contributed by atoms with E-state index in [0.29, 0.717) is 36.0 Å². The van der Waals surface area contributed by atoms with E-state index >= 15 is 0 Å². The average Bonchev–Trinajstić information content (AvgIpc) is 3.67. The van der Waals surface area contributed by atoms with Gasteiger partial charge in [0.2, 0.25) is 0 Å². The summed E-state index contributed by atoms with van der Waals surface area (Å²) >= 11 is 0. The van der Waals surface area contributed by atoms with E-state index in [4.69, 9.17) is 4.74 Å². The van der Waals surface area contributed by atoms with Crippen molar-refractivity contribution < 1.29 is 18.7 Å². The quantitative estimate of drug-likeness (QED) is 0.462. The van der Waals surface area contributed by atoms with E-state index < -0.39 is 11.7 Å². The minimum atomic E-state index is -0.464. The van der Waals surface area contributed by atoms with E-state index in [0.717, 1.165) is 24.1 Å². The van der Waals surface area contributed by atoms with Crippen LogP contribution in [0.1, 0.15) is 39.1 Å². The van der Waals surface area contributed by atoms with Crippen LogP contribution in [0.4, 0.5) is 15.8 Å². The number of hydrogen-bond acceptors (Lipinski definition) is 4. The maximum atomic E-state index is 13.6. The number of rotatable bonds is 9. The summed E-state index contributed by atoms with van der Waals surface area (Å²) in [6, 6.07) is 18.3. The van der Waals surface area contributed by atoms with Gasteiger partial charge in [-0.05, 0) is 85.0 Å². The monoisotopic (exact) mass is 475 g/mol. The number of halogens is 1. The van der Waals surface area contributed by atoms with Crippen molar-refractivity contribution in [2.45, 2.75) is 19.4 Å². The van der Waals surface area contributed by atoms with Gasteiger partial charge >= 0.3 is 0 Å². The van der Waals surface area contributed by atoms with Gasteiger partial charge in [-0.25, -0.2) is 4.39 Å². The summed E-state index contributed by atoms with van der Waals surface area (Å²) in [4.78, 5) is 30.0. The van der Waals surface area contributed by atoms with Crippen LogP contribution in [0.2, 0.25) is 0 Å². The van der Waals surface area contributed by atoms with Crippen LogP contribution in [0, 0.1) is 11.7 Å². The average molecular weight is 476 g/mol. The highest BCUT2D eigenvalue weighted by Gasteiger charge is 2.28. The number of hydrogen-bond donors (Lipinski definition) is 1. The standard InChI is InChI=1S/C28H30FN3O3/c1-31(2)26-14-11-24(30-27(33)21-5-4-6-23(29)15-21)16-22(26)18-32(17-19-7-8-19)28(34)20-9-12-25(35-3)13-10-20/h4-6,9-16,19H,7-8,17-18H2,1-3H3,(H,30,33). The first-order valence-electron chi connectivity index (χ1n) is 11.6. The van der Waals surface area contributed by atoms with Gasteiger partial charge < -0.3 is 19.9 Å². The number of benzene rings is 3. The Morgan fingerprint density at radius 2 is 1.74 bits per heavy atom. The van der Waals surface area contributed by atoms with Gasteiger partial charge in [-0.1, -0.05) is 6.07 Å². The van der Waals surface area contributed by atoms with Crippen LogP contribution >= 0.6 is 0 Å². The molecule has 2 amide bonds. The number of methoxy groups -OCH3 is 1. The fourth-order valence-electron chi connectivity index (χ4n) is 4.01. The van der Waals surface area contributed by atoms with Crippen molar-refractivity contribution in [1.82, 2.24) is 4.90 Å². The van der Waals surface area contributed by atoms with E-state index in [1.54, 1.807) is 37.4 Å². The lowest BCUT2D eigenvalue weighted by atomic mass is 10.1. The number of carbonyl (C=O) groups excluding carboxylic acids is 2. The van der Waals surface area contributed by atoms with Crippen molar-refractivity contribution in [3.63, 3.8) is 0 Å². The number of nitrogens with one attached hydrogen (secondary N) is 1. The van der Waals surface area contributed by atoms with Crippen LogP contribution in [-0.4, -0.2) is 44.5 Å². The zero-order valence-corrected chi connectivity index (χ0v) is 20.3. The summed E-state index contributed by atoms with van der Waals surface area (Å²) in [5, 5.41) is 2.85. The second kappa shape index (κ2) is 10.6. The molecule has 7 heteroatoms. The smallest absolute Gasteiger partial charge is 0.255 e. The lowest BCUT2D eigenvalue weighted by Crippen LogP contribution is -2.33. The molecule has 0 spiro atoms. The van der Waals surface area contributed by atoms with Gasteiger partial charge in [0.25, 0.3) is 11.8 Å². The molecule has 1 aliphatic carbocycles. The maximum absolute atomic E-state index is 13.6. The van der Waals surface area contributed by atoms with Crippen LogP contribution in [0.25, 0.3) is 0 Å². The lowest BCUT2D eigenvalue weighted by Gasteiger charge is -2.26. The molecule has 3 aromatic carbocycles. The minimum absolute atomic E-state index is 0.0431. The van der Waals surface area contributed by atoms with Gasteiger partial charge in [-0.2, -0.15) is 0 Å². The van der Waals surface area contributed by atoms with Crippen LogP contribution in [0.3, 0.4) is 0 Å². The van der Waals surface area contributed by atoms with Gasteiger partial charge in [0.05, 0.1) is 7.11 Å². The third-order valence-corrected chi connectivity index (χ3v) is 6.07. The van der Waals surface area contributed by atoms with E-state index in [1.165, 1.54) is 18.2 Å². The van der Waals surface area contributed by atoms with Crippen molar-refractivity contribution in [3.05, 3.63) is 89.2 Å². The molecule has 1 saturated carbocycles. The molecule has 1 aliphatic rings. The molecule has 1 fully saturated rings. The SMILES string of the molecule is COc1ccc(C(=O)N(Cc2cc(NC(=O)c3cccc(F)c3)ccc2N(C)C)CC2CC2)cc1. The van der Waals surface area contributed by atoms with Crippen molar-refractivity contribution >= 4 is 23.2 Å². The molecular formula is C28H30FN3O3. The highest BCUT2D eigenvalue weighted by atomic mass is 19.1. The summed E-state index contributed by atoms with van der Waals surface area (Å²) in [7, 11) is 5.49. The van der Waals surface area contributed by atoms with Crippen LogP contribution < -0.4 is 15.0 Å². The molecule has 35 heavy (non-hydrogen) atoms. The topological polar surface area (TPSA) is 61.9 Å². The second-order valence-electron chi connectivity index (χ2n) is 9.06. The highest BCUT2D eigenvalue weighted by Crippen LogP contribution is 2.32. The normalized spacial score (nSPS) is 12.7. The molecule has 6 nitrogen and oxygen atoms in total. The third kappa shape index (κ3) is 6.18. The second-order valence-corrected chi connectivity index (χ2v) is 9.06. The third-order valence-electron chi connectivity index (χ3n) is 6.07. The zero-order chi connectivity index (χ0) is 24.9. The van der Waals surface area contributed by atoms with Gasteiger partial charge in [0.1, 0.15) is 11.6 Å². The van der Waals surface area contributed by atoms with Crippen LogP contribution in [-0.2, 0) is 6.54 Å². The molecule has 0 saturated heterocycles. The fraction of sp³-hybridized carbons (Fsp3) is 0.286. The van der Waals surface area contributed by atoms with Gasteiger partial charge in [-0.3, -0.25) is 9.59 Å². The first kappa shape index (κ1) is 24.3. The largest absolute Gasteiger partial charge is 0.497 e. The van der Waals surface area contributed by atoms with Gasteiger partial charge in [0.15, 0.2) is 0 Å². The number of anilines is 2. The zero-order valence-electron chi connectivity index (χ0n) is 20.3. The summed E-state index contributed by atoms with van der Waals surface area (Å²) in [6.07, 6.45) is 2.24. The van der Waals surface area contributed by atoms with Crippen molar-refractivity contribution in [2.24, 2.45) is 5.92 Å². The Bertz CT molecular complexity index is 1210. The molecule has 0 unspecified atom stereocenters. The Morgan fingerprint density at radius 1 is 1.00 bits per heavy atom. The van der Waals surface area contributed by atoms with E-state index in [1.807, 2.05) is 42.1 Å². The van der Waals surface area contributed by atoms with Crippen molar-refractivity contribution in [3.8, 4) is 5.75 Å².